The largest absolute Gasteiger partial charge is 0.395 e. The van der Waals surface area contributed by atoms with E-state index in [4.69, 9.17) is 5.11 Å². The Balaban J connectivity index is 3.31. The van der Waals surface area contributed by atoms with Crippen molar-refractivity contribution in [3.63, 3.8) is 0 Å². The van der Waals surface area contributed by atoms with Crippen LogP contribution in [0.3, 0.4) is 0 Å². The summed E-state index contributed by atoms with van der Waals surface area (Å²) in [5.41, 5.74) is 0. The highest BCUT2D eigenvalue weighted by Gasteiger charge is 2.12. The fourth-order valence-electron chi connectivity index (χ4n) is 1.16. The summed E-state index contributed by atoms with van der Waals surface area (Å²) in [6.45, 7) is 9.43. The van der Waals surface area contributed by atoms with Crippen molar-refractivity contribution in [1.29, 1.82) is 0 Å². The van der Waals surface area contributed by atoms with Crippen molar-refractivity contribution in [2.75, 3.05) is 26.7 Å². The van der Waals surface area contributed by atoms with Crippen LogP contribution >= 0.6 is 0 Å². The van der Waals surface area contributed by atoms with Gasteiger partial charge in [-0.05, 0) is 20.0 Å². The summed E-state index contributed by atoms with van der Waals surface area (Å²) < 4.78 is 0. The van der Waals surface area contributed by atoms with Gasteiger partial charge in [0.25, 0.3) is 0 Å². The highest BCUT2D eigenvalue weighted by atomic mass is 28.3. The average molecular weight is 189 g/mol. The van der Waals surface area contributed by atoms with Crippen molar-refractivity contribution in [3.8, 4) is 0 Å². The van der Waals surface area contributed by atoms with Gasteiger partial charge in [-0.15, -0.1) is 0 Å². The van der Waals surface area contributed by atoms with E-state index in [0.717, 1.165) is 13.1 Å². The van der Waals surface area contributed by atoms with Crippen LogP contribution in [0.5, 0.6) is 0 Å². The molecule has 0 spiro atoms. The molecule has 0 heterocycles. The van der Waals surface area contributed by atoms with E-state index in [1.54, 1.807) is 0 Å². The van der Waals surface area contributed by atoms with Crippen molar-refractivity contribution in [3.05, 3.63) is 0 Å². The Hall–Kier alpha value is 0.137. The van der Waals surface area contributed by atoms with Gasteiger partial charge in [-0.1, -0.05) is 25.7 Å². The molecule has 0 amide bonds. The molecular weight excluding hydrogens is 166 g/mol. The van der Waals surface area contributed by atoms with E-state index in [-0.39, 0.29) is 6.61 Å². The van der Waals surface area contributed by atoms with Crippen LogP contribution in [0.25, 0.3) is 0 Å². The highest BCUT2D eigenvalue weighted by Crippen LogP contribution is 2.10. The van der Waals surface area contributed by atoms with E-state index in [2.05, 4.69) is 31.6 Å². The minimum Gasteiger partial charge on any atom is -0.395 e. The third kappa shape index (κ3) is 8.24. The summed E-state index contributed by atoms with van der Waals surface area (Å²) in [5.74, 6) is 0. The van der Waals surface area contributed by atoms with Gasteiger partial charge < -0.3 is 10.0 Å². The fraction of sp³-hybridized carbons (Fsp3) is 1.00. The Morgan fingerprint density at radius 3 is 2.17 bits per heavy atom. The maximum atomic E-state index is 8.66. The summed E-state index contributed by atoms with van der Waals surface area (Å²) in [6.07, 6.45) is 1.28. The van der Waals surface area contributed by atoms with Gasteiger partial charge in [0.05, 0.1) is 6.61 Å². The number of hydrogen-bond donors (Lipinski definition) is 1. The van der Waals surface area contributed by atoms with Crippen LogP contribution in [0.2, 0.25) is 25.7 Å². The van der Waals surface area contributed by atoms with E-state index >= 15 is 0 Å². The van der Waals surface area contributed by atoms with E-state index in [1.807, 2.05) is 0 Å². The van der Waals surface area contributed by atoms with Crippen LogP contribution in [-0.4, -0.2) is 44.8 Å². The second-order valence-corrected chi connectivity index (χ2v) is 10.3. The van der Waals surface area contributed by atoms with Gasteiger partial charge in [0.15, 0.2) is 0 Å². The molecule has 0 saturated carbocycles. The highest BCUT2D eigenvalue weighted by molar-refractivity contribution is 6.76. The maximum Gasteiger partial charge on any atom is 0.0558 e. The average Bonchev–Trinajstić information content (AvgIpc) is 1.84. The number of rotatable bonds is 6. The predicted molar refractivity (Wildman–Crippen MR) is 57.4 cm³/mol. The molecule has 0 aliphatic carbocycles. The van der Waals surface area contributed by atoms with Crippen molar-refractivity contribution >= 4 is 8.07 Å². The maximum absolute atomic E-state index is 8.66. The molecule has 0 bridgehead atoms. The van der Waals surface area contributed by atoms with Crippen LogP contribution in [0.1, 0.15) is 6.42 Å². The number of nitrogens with zero attached hydrogens (tertiary/aromatic N) is 1. The lowest BCUT2D eigenvalue weighted by molar-refractivity contribution is 0.221. The molecule has 2 nitrogen and oxygen atoms in total. The van der Waals surface area contributed by atoms with Gasteiger partial charge in [-0.25, -0.2) is 0 Å². The minimum absolute atomic E-state index is 0.281. The SMILES string of the molecule is CN(CCO)CCC[Si](C)(C)C. The molecule has 74 valence electrons. The van der Waals surface area contributed by atoms with Gasteiger partial charge >= 0.3 is 0 Å². The normalized spacial score (nSPS) is 12.5. The summed E-state index contributed by atoms with van der Waals surface area (Å²) >= 11 is 0. The Bertz CT molecular complexity index is 112. The van der Waals surface area contributed by atoms with Crippen LogP contribution in [0, 0.1) is 0 Å². The van der Waals surface area contributed by atoms with Gasteiger partial charge in [-0.3, -0.25) is 0 Å². The third-order valence-corrected chi connectivity index (χ3v) is 3.80. The Morgan fingerprint density at radius 2 is 1.75 bits per heavy atom. The van der Waals surface area contributed by atoms with E-state index < -0.39 is 8.07 Å². The van der Waals surface area contributed by atoms with E-state index in [0.29, 0.717) is 0 Å². The first kappa shape index (κ1) is 12.1. The molecule has 0 saturated heterocycles. The molecule has 0 radical (unpaired) electrons. The second-order valence-electron chi connectivity index (χ2n) is 4.69. The number of likely N-dealkylation sites (N-methyl/N-ethyl adjacent to an activating group) is 1. The molecule has 0 atom stereocenters. The fourth-order valence-corrected chi connectivity index (χ4v) is 2.38. The van der Waals surface area contributed by atoms with Gasteiger partial charge in [0.2, 0.25) is 0 Å². The molecule has 0 aromatic carbocycles. The molecule has 0 aromatic rings. The lowest BCUT2D eigenvalue weighted by Gasteiger charge is -2.19. The first-order valence-corrected chi connectivity index (χ1v) is 8.46. The van der Waals surface area contributed by atoms with E-state index in [9.17, 15) is 0 Å². The molecule has 0 aliphatic heterocycles. The zero-order valence-corrected chi connectivity index (χ0v) is 9.93. The first-order valence-electron chi connectivity index (χ1n) is 4.75. The molecule has 0 unspecified atom stereocenters. The van der Waals surface area contributed by atoms with Crippen molar-refractivity contribution < 1.29 is 5.11 Å². The van der Waals surface area contributed by atoms with Crippen LogP contribution in [0.4, 0.5) is 0 Å². The molecule has 3 heteroatoms. The predicted octanol–water partition coefficient (Wildman–Crippen LogP) is 1.64. The summed E-state index contributed by atoms with van der Waals surface area (Å²) in [4.78, 5) is 2.19. The number of aliphatic hydroxyl groups excluding tert-OH is 1. The van der Waals surface area contributed by atoms with Crippen molar-refractivity contribution in [1.82, 2.24) is 4.90 Å². The monoisotopic (exact) mass is 189 g/mol. The van der Waals surface area contributed by atoms with Crippen LogP contribution < -0.4 is 0 Å². The van der Waals surface area contributed by atoms with Crippen LogP contribution in [-0.2, 0) is 0 Å². The third-order valence-electron chi connectivity index (χ3n) is 1.95. The zero-order valence-electron chi connectivity index (χ0n) is 8.93. The summed E-state index contributed by atoms with van der Waals surface area (Å²) in [7, 11) is 1.23. The zero-order chi connectivity index (χ0) is 9.61. The van der Waals surface area contributed by atoms with Crippen LogP contribution in [0.15, 0.2) is 0 Å². The Kier molecular flexibility index (Phi) is 5.79. The quantitative estimate of drug-likeness (QED) is 0.642. The second kappa shape index (κ2) is 5.73. The first-order chi connectivity index (χ1) is 5.45. The molecular formula is C9H23NOSi. The lowest BCUT2D eigenvalue weighted by atomic mass is 10.4. The van der Waals surface area contributed by atoms with Crippen molar-refractivity contribution in [2.45, 2.75) is 32.1 Å². The molecule has 12 heavy (non-hydrogen) atoms. The van der Waals surface area contributed by atoms with Gasteiger partial charge in [0, 0.05) is 14.6 Å². The summed E-state index contributed by atoms with van der Waals surface area (Å²) in [6, 6.07) is 1.39. The lowest BCUT2D eigenvalue weighted by Crippen LogP contribution is -2.26. The van der Waals surface area contributed by atoms with Gasteiger partial charge in [-0.2, -0.15) is 0 Å². The molecule has 0 aromatic heterocycles. The minimum atomic E-state index is -0.836. The smallest absolute Gasteiger partial charge is 0.0558 e. The summed E-state index contributed by atoms with van der Waals surface area (Å²) in [5, 5.41) is 8.66. The van der Waals surface area contributed by atoms with Gasteiger partial charge in [0.1, 0.15) is 0 Å². The molecule has 0 rings (SSSR count). The molecule has 0 aliphatic rings. The molecule has 0 fully saturated rings. The Morgan fingerprint density at radius 1 is 1.17 bits per heavy atom. The topological polar surface area (TPSA) is 23.5 Å². The number of aliphatic hydroxyl groups is 1. The Labute approximate surface area is 77.6 Å². The van der Waals surface area contributed by atoms with Crippen molar-refractivity contribution in [2.24, 2.45) is 0 Å². The standard InChI is InChI=1S/C9H23NOSi/c1-10(7-8-11)6-5-9-12(2,3)4/h11H,5-9H2,1-4H3. The molecule has 1 N–H and O–H groups in total. The number of hydrogen-bond acceptors (Lipinski definition) is 2. The van der Waals surface area contributed by atoms with E-state index in [1.165, 1.54) is 12.5 Å².